The predicted octanol–water partition coefficient (Wildman–Crippen LogP) is 1.66. The van der Waals surface area contributed by atoms with Gasteiger partial charge in [-0.2, -0.15) is 0 Å². The molecule has 0 aromatic heterocycles. The number of nitrogens with one attached hydrogen (secondary N) is 1. The van der Waals surface area contributed by atoms with E-state index in [4.69, 9.17) is 4.74 Å². The minimum absolute atomic E-state index is 0.0513. The Balaban J connectivity index is 2.04. The number of likely N-dealkylation sites (tertiary alicyclic amines) is 1. The number of ether oxygens (including phenoxy) is 1. The second-order valence-corrected chi connectivity index (χ2v) is 7.53. The van der Waals surface area contributed by atoms with Gasteiger partial charge < -0.3 is 20.1 Å². The Hall–Kier alpha value is -2.41. The van der Waals surface area contributed by atoms with Crippen molar-refractivity contribution in [2.75, 3.05) is 13.7 Å². The van der Waals surface area contributed by atoms with Crippen molar-refractivity contribution in [2.45, 2.75) is 45.9 Å². The summed E-state index contributed by atoms with van der Waals surface area (Å²) in [4.78, 5) is 37.3. The van der Waals surface area contributed by atoms with Gasteiger partial charge in [0.15, 0.2) is 0 Å². The number of carboxylic acids is 1. The molecule has 0 radical (unpaired) electrons. The average molecular weight is 362 g/mol. The van der Waals surface area contributed by atoms with Crippen molar-refractivity contribution in [1.82, 2.24) is 10.2 Å². The predicted molar refractivity (Wildman–Crippen MR) is 95.6 cm³/mol. The lowest BCUT2D eigenvalue weighted by molar-refractivity contribution is -0.141. The molecule has 2 rings (SSSR count). The first-order valence-corrected chi connectivity index (χ1v) is 8.57. The number of carbonyl (C=O) groups excluding carboxylic acids is 2. The first kappa shape index (κ1) is 19.9. The molecular weight excluding hydrogens is 336 g/mol. The molecule has 1 heterocycles. The van der Waals surface area contributed by atoms with Crippen LogP contribution in [0.1, 0.15) is 43.1 Å². The number of nitrogens with zero attached hydrogens (tertiary/aromatic N) is 1. The van der Waals surface area contributed by atoms with E-state index in [1.165, 1.54) is 12.0 Å². The van der Waals surface area contributed by atoms with Crippen molar-refractivity contribution in [2.24, 2.45) is 5.41 Å². The SMILES string of the molecule is COC1CC(C(=O)O)N(C(=O)c2ccc(CNC(=O)C(C)(C)C)cc2)C1. The minimum Gasteiger partial charge on any atom is -0.480 e. The summed E-state index contributed by atoms with van der Waals surface area (Å²) in [7, 11) is 1.51. The summed E-state index contributed by atoms with van der Waals surface area (Å²) in [5, 5.41) is 12.2. The maximum Gasteiger partial charge on any atom is 0.326 e. The molecule has 2 amide bonds. The van der Waals surface area contributed by atoms with Gasteiger partial charge in [0.25, 0.3) is 5.91 Å². The maximum atomic E-state index is 12.7. The summed E-state index contributed by atoms with van der Waals surface area (Å²) in [5.74, 6) is -1.41. The van der Waals surface area contributed by atoms with Gasteiger partial charge in [-0.3, -0.25) is 9.59 Å². The molecule has 1 saturated heterocycles. The van der Waals surface area contributed by atoms with Crippen LogP contribution in [0.3, 0.4) is 0 Å². The van der Waals surface area contributed by atoms with E-state index in [-0.39, 0.29) is 30.9 Å². The number of aliphatic carboxylic acids is 1. The van der Waals surface area contributed by atoms with E-state index in [9.17, 15) is 19.5 Å². The van der Waals surface area contributed by atoms with Crippen molar-refractivity contribution in [3.63, 3.8) is 0 Å². The fourth-order valence-corrected chi connectivity index (χ4v) is 2.81. The van der Waals surface area contributed by atoms with Crippen LogP contribution in [0.25, 0.3) is 0 Å². The number of carboxylic acid groups (broad SMARTS) is 1. The molecule has 0 saturated carbocycles. The van der Waals surface area contributed by atoms with Crippen molar-refractivity contribution in [3.05, 3.63) is 35.4 Å². The third-order valence-corrected chi connectivity index (χ3v) is 4.48. The third kappa shape index (κ3) is 4.60. The van der Waals surface area contributed by atoms with Crippen LogP contribution >= 0.6 is 0 Å². The lowest BCUT2D eigenvalue weighted by atomic mass is 9.95. The summed E-state index contributed by atoms with van der Waals surface area (Å²) in [6, 6.07) is 5.95. The molecule has 26 heavy (non-hydrogen) atoms. The fourth-order valence-electron chi connectivity index (χ4n) is 2.81. The summed E-state index contributed by atoms with van der Waals surface area (Å²) in [5.41, 5.74) is 0.819. The molecule has 1 fully saturated rings. The van der Waals surface area contributed by atoms with Crippen LogP contribution < -0.4 is 5.32 Å². The lowest BCUT2D eigenvalue weighted by Crippen LogP contribution is -2.40. The number of hydrogen-bond donors (Lipinski definition) is 2. The topological polar surface area (TPSA) is 95.9 Å². The van der Waals surface area contributed by atoms with Crippen LogP contribution in [0, 0.1) is 5.41 Å². The lowest BCUT2D eigenvalue weighted by Gasteiger charge is -2.21. The van der Waals surface area contributed by atoms with Crippen LogP contribution in [0.15, 0.2) is 24.3 Å². The summed E-state index contributed by atoms with van der Waals surface area (Å²) < 4.78 is 5.21. The van der Waals surface area contributed by atoms with Gasteiger partial charge in [-0.1, -0.05) is 32.9 Å². The second-order valence-electron chi connectivity index (χ2n) is 7.53. The van der Waals surface area contributed by atoms with Gasteiger partial charge in [0.2, 0.25) is 5.91 Å². The maximum absolute atomic E-state index is 12.7. The zero-order valence-electron chi connectivity index (χ0n) is 15.6. The highest BCUT2D eigenvalue weighted by molar-refractivity contribution is 5.97. The summed E-state index contributed by atoms with van der Waals surface area (Å²) in [6.07, 6.45) is 0.0148. The van der Waals surface area contributed by atoms with Crippen LogP contribution in [-0.2, 0) is 20.9 Å². The first-order valence-electron chi connectivity index (χ1n) is 8.57. The molecular formula is C19H26N2O5. The first-order chi connectivity index (χ1) is 12.1. The minimum atomic E-state index is -1.03. The largest absolute Gasteiger partial charge is 0.480 e. The van der Waals surface area contributed by atoms with Crippen LogP contribution in [0.4, 0.5) is 0 Å². The van der Waals surface area contributed by atoms with E-state index in [0.29, 0.717) is 12.1 Å². The van der Waals surface area contributed by atoms with Crippen LogP contribution in [-0.4, -0.2) is 53.6 Å². The quantitative estimate of drug-likeness (QED) is 0.830. The molecule has 0 spiro atoms. The highest BCUT2D eigenvalue weighted by atomic mass is 16.5. The number of amides is 2. The van der Waals surface area contributed by atoms with E-state index in [2.05, 4.69) is 5.32 Å². The molecule has 0 bridgehead atoms. The van der Waals surface area contributed by atoms with Crippen molar-refractivity contribution >= 4 is 17.8 Å². The summed E-state index contributed by atoms with van der Waals surface area (Å²) >= 11 is 0. The third-order valence-electron chi connectivity index (χ3n) is 4.48. The number of methoxy groups -OCH3 is 1. The highest BCUT2D eigenvalue weighted by Gasteiger charge is 2.40. The molecule has 1 aromatic rings. The Kier molecular flexibility index (Phi) is 6.02. The molecule has 1 aliphatic rings. The number of carbonyl (C=O) groups is 3. The molecule has 1 aromatic carbocycles. The van der Waals surface area contributed by atoms with Gasteiger partial charge in [-0.05, 0) is 17.7 Å². The Morgan fingerprint density at radius 2 is 1.85 bits per heavy atom. The van der Waals surface area contributed by atoms with Crippen molar-refractivity contribution < 1.29 is 24.2 Å². The van der Waals surface area contributed by atoms with Crippen molar-refractivity contribution in [3.8, 4) is 0 Å². The highest BCUT2D eigenvalue weighted by Crippen LogP contribution is 2.23. The van der Waals surface area contributed by atoms with E-state index in [0.717, 1.165) is 5.56 Å². The molecule has 7 heteroatoms. The van der Waals surface area contributed by atoms with Crippen LogP contribution in [0.5, 0.6) is 0 Å². The average Bonchev–Trinajstić information content (AvgIpc) is 3.03. The Labute approximate surface area is 153 Å². The smallest absolute Gasteiger partial charge is 0.326 e. The van der Waals surface area contributed by atoms with Crippen LogP contribution in [0.2, 0.25) is 0 Å². The van der Waals surface area contributed by atoms with E-state index >= 15 is 0 Å². The molecule has 142 valence electrons. The van der Waals surface area contributed by atoms with Gasteiger partial charge in [-0.25, -0.2) is 4.79 Å². The zero-order valence-corrected chi connectivity index (χ0v) is 15.6. The van der Waals surface area contributed by atoms with Gasteiger partial charge in [-0.15, -0.1) is 0 Å². The number of rotatable bonds is 5. The van der Waals surface area contributed by atoms with Gasteiger partial charge in [0.1, 0.15) is 6.04 Å². The van der Waals surface area contributed by atoms with E-state index < -0.39 is 17.4 Å². The van der Waals surface area contributed by atoms with Gasteiger partial charge >= 0.3 is 5.97 Å². The summed E-state index contributed by atoms with van der Waals surface area (Å²) in [6.45, 7) is 6.15. The van der Waals surface area contributed by atoms with E-state index in [1.54, 1.807) is 24.3 Å². The van der Waals surface area contributed by atoms with E-state index in [1.807, 2.05) is 20.8 Å². The Morgan fingerprint density at radius 1 is 1.23 bits per heavy atom. The molecule has 7 nitrogen and oxygen atoms in total. The van der Waals surface area contributed by atoms with Gasteiger partial charge in [0.05, 0.1) is 6.10 Å². The number of benzene rings is 1. The van der Waals surface area contributed by atoms with Gasteiger partial charge in [0, 0.05) is 37.6 Å². The Bertz CT molecular complexity index is 678. The Morgan fingerprint density at radius 3 is 2.35 bits per heavy atom. The fraction of sp³-hybridized carbons (Fsp3) is 0.526. The molecule has 2 N–H and O–H groups in total. The second kappa shape index (κ2) is 7.86. The number of hydrogen-bond acceptors (Lipinski definition) is 4. The normalized spacial score (nSPS) is 20.1. The molecule has 0 aliphatic carbocycles. The monoisotopic (exact) mass is 362 g/mol. The molecule has 2 atom stereocenters. The standard InChI is InChI=1S/C19H26N2O5/c1-19(2,3)18(25)20-10-12-5-7-13(8-6-12)16(22)21-11-14(26-4)9-15(21)17(23)24/h5-8,14-15H,9-11H2,1-4H3,(H,20,25)(H,23,24). The molecule has 2 unspecified atom stereocenters. The van der Waals surface area contributed by atoms with Crippen molar-refractivity contribution in [1.29, 1.82) is 0 Å². The molecule has 1 aliphatic heterocycles. The zero-order chi connectivity index (χ0) is 19.5.